The molecule has 3 atom stereocenters. The largest absolute Gasteiger partial charge is 0.508 e. The van der Waals surface area contributed by atoms with Crippen molar-refractivity contribution < 1.29 is 19.4 Å². The number of hydrogen-bond donors (Lipinski definition) is 2. The molecule has 2 N–H and O–H groups in total. The summed E-state index contributed by atoms with van der Waals surface area (Å²) in [7, 11) is 0. The predicted octanol–water partition coefficient (Wildman–Crippen LogP) is 7.35. The topological polar surface area (TPSA) is 113 Å². The fourth-order valence-electron chi connectivity index (χ4n) is 8.06. The number of aromatic nitrogens is 3. The number of phenolic OH excluding ortho intramolecular Hbond substituents is 1. The van der Waals surface area contributed by atoms with Crippen molar-refractivity contribution in [1.29, 1.82) is 0 Å². The van der Waals surface area contributed by atoms with Gasteiger partial charge in [-0.05, 0) is 90.3 Å². The Balaban J connectivity index is 0.00000249. The summed E-state index contributed by atoms with van der Waals surface area (Å²) in [4.78, 5) is 33.3. The number of hydrogen-bond acceptors (Lipinski definition) is 8. The monoisotopic (exact) mass is 728 g/mol. The highest BCUT2D eigenvalue weighted by Crippen LogP contribution is 2.47. The Morgan fingerprint density at radius 3 is 2.35 bits per heavy atom. The number of benzene rings is 3. The van der Waals surface area contributed by atoms with E-state index in [2.05, 4.69) is 80.9 Å². The summed E-state index contributed by atoms with van der Waals surface area (Å²) in [6.45, 7) is 5.42. The maximum Gasteiger partial charge on any atom is 0.251 e. The van der Waals surface area contributed by atoms with Crippen molar-refractivity contribution in [1.82, 2.24) is 25.0 Å². The summed E-state index contributed by atoms with van der Waals surface area (Å²) in [5, 5.41) is 16.9. The lowest BCUT2D eigenvalue weighted by Crippen LogP contribution is -2.47. The van der Waals surface area contributed by atoms with Crippen LogP contribution in [0, 0.1) is 0 Å². The van der Waals surface area contributed by atoms with Crippen molar-refractivity contribution in [3.8, 4) is 22.6 Å². The van der Waals surface area contributed by atoms with Gasteiger partial charge in [0.25, 0.3) is 5.91 Å². The van der Waals surface area contributed by atoms with E-state index in [1.54, 1.807) is 10.9 Å². The molecule has 0 radical (unpaired) electrons. The number of aryl methyl sites for hydroxylation is 1. The number of aromatic hydroxyl groups is 1. The van der Waals surface area contributed by atoms with Crippen LogP contribution in [0.25, 0.3) is 11.1 Å². The van der Waals surface area contributed by atoms with Crippen molar-refractivity contribution in [3.05, 3.63) is 126 Å². The van der Waals surface area contributed by atoms with Crippen LogP contribution < -0.4 is 15.0 Å². The maximum atomic E-state index is 12.2. The van der Waals surface area contributed by atoms with Gasteiger partial charge in [-0.15, -0.1) is 0 Å². The number of pyridine rings is 1. The second-order valence-electron chi connectivity index (χ2n) is 14.1. The molecule has 2 aliphatic heterocycles. The number of rotatable bonds is 10. The third kappa shape index (κ3) is 8.34. The third-order valence-corrected chi connectivity index (χ3v) is 10.9. The summed E-state index contributed by atoms with van der Waals surface area (Å²) < 4.78 is 7.84. The SMILES string of the molecule is C.C.O=C1CCC(n2cc(-c3ccc(N4CCN(CCCOc5ccc([C@@H]6c7ccc(O)cc7CC[C@@H]6c6ccccc6)cc5)CC4)nc3)cn2)C(=O)N1. The van der Waals surface area contributed by atoms with Gasteiger partial charge in [0, 0.05) is 68.6 Å². The smallest absolute Gasteiger partial charge is 0.251 e. The molecule has 8 rings (SSSR count). The molecule has 0 bridgehead atoms. The molecule has 282 valence electrons. The minimum atomic E-state index is -0.467. The van der Waals surface area contributed by atoms with Crippen LogP contribution in [0.15, 0.2) is 104 Å². The summed E-state index contributed by atoms with van der Waals surface area (Å²) in [5.41, 5.74) is 7.00. The Bertz CT molecular complexity index is 2010. The molecule has 2 fully saturated rings. The predicted molar refractivity (Wildman–Crippen MR) is 213 cm³/mol. The van der Waals surface area contributed by atoms with Gasteiger partial charge in [0.15, 0.2) is 0 Å². The summed E-state index contributed by atoms with van der Waals surface area (Å²) in [6.07, 6.45) is 9.18. The fraction of sp³-hybridized carbons (Fsp3) is 0.364. The Morgan fingerprint density at radius 1 is 0.815 bits per heavy atom. The number of imide groups is 1. The molecule has 0 saturated carbocycles. The standard InChI is InChI=1S/C42H44N6O4.2CH4/c49-34-11-15-37-31(25-34)9-14-36(29-5-2-1-3-6-29)41(37)30-7-12-35(13-8-30)52-24-4-19-46-20-22-47(23-21-46)39-17-10-32(26-43-39)33-27-44-48(28-33)38-16-18-40(50)45-42(38)51;;/h1-3,5-8,10-13,15,17,25-28,36,38,41,49H,4,9,14,16,18-24H2,(H,45,50,51);2*1H4/t36-,38?,41+;;/m1../s1. The first kappa shape index (κ1) is 38.3. The van der Waals surface area contributed by atoms with Crippen molar-refractivity contribution in [3.63, 3.8) is 0 Å². The van der Waals surface area contributed by atoms with E-state index in [0.29, 0.717) is 31.1 Å². The molecule has 5 aromatic rings. The average molecular weight is 729 g/mol. The Morgan fingerprint density at radius 2 is 1.61 bits per heavy atom. The van der Waals surface area contributed by atoms with Crippen LogP contribution in [0.4, 0.5) is 5.82 Å². The number of fused-ring (bicyclic) bond motifs is 1. The van der Waals surface area contributed by atoms with E-state index in [9.17, 15) is 14.7 Å². The van der Waals surface area contributed by atoms with Gasteiger partial charge in [-0.3, -0.25) is 24.5 Å². The summed E-state index contributed by atoms with van der Waals surface area (Å²) in [6, 6.07) is 28.9. The maximum absolute atomic E-state index is 12.2. The van der Waals surface area contributed by atoms with Gasteiger partial charge in [-0.25, -0.2) is 4.98 Å². The highest BCUT2D eigenvalue weighted by atomic mass is 16.5. The zero-order valence-corrected chi connectivity index (χ0v) is 29.2. The second-order valence-corrected chi connectivity index (χ2v) is 14.1. The molecule has 3 aromatic carbocycles. The number of anilines is 1. The molecule has 0 spiro atoms. The number of carbonyl (C=O) groups excluding carboxylic acids is 2. The number of amides is 2. The molecule has 2 amide bonds. The molecule has 2 aromatic heterocycles. The van der Waals surface area contributed by atoms with Crippen molar-refractivity contribution >= 4 is 17.6 Å². The van der Waals surface area contributed by atoms with Gasteiger partial charge >= 0.3 is 0 Å². The van der Waals surface area contributed by atoms with Crippen LogP contribution in [-0.4, -0.2) is 75.9 Å². The van der Waals surface area contributed by atoms with Gasteiger partial charge in [0.2, 0.25) is 5.91 Å². The van der Waals surface area contributed by atoms with Gasteiger partial charge < -0.3 is 14.7 Å². The first-order chi connectivity index (χ1) is 25.5. The molecule has 54 heavy (non-hydrogen) atoms. The third-order valence-electron chi connectivity index (χ3n) is 10.9. The van der Waals surface area contributed by atoms with Crippen LogP contribution in [0.3, 0.4) is 0 Å². The minimum Gasteiger partial charge on any atom is -0.508 e. The first-order valence-corrected chi connectivity index (χ1v) is 18.4. The number of carbonyl (C=O) groups is 2. The average Bonchev–Trinajstić information content (AvgIpc) is 3.67. The van der Waals surface area contributed by atoms with E-state index in [1.807, 2.05) is 36.7 Å². The lowest BCUT2D eigenvalue weighted by atomic mass is 9.69. The quantitative estimate of drug-likeness (QED) is 0.113. The highest BCUT2D eigenvalue weighted by molar-refractivity contribution is 5.99. The number of nitrogens with zero attached hydrogens (tertiary/aromatic N) is 5. The van der Waals surface area contributed by atoms with E-state index in [0.717, 1.165) is 74.7 Å². The van der Waals surface area contributed by atoms with E-state index in [1.165, 1.54) is 22.3 Å². The fourth-order valence-corrected chi connectivity index (χ4v) is 8.06. The molecular weight excluding hydrogens is 677 g/mol. The lowest BCUT2D eigenvalue weighted by Gasteiger charge is -2.35. The van der Waals surface area contributed by atoms with E-state index < -0.39 is 6.04 Å². The summed E-state index contributed by atoms with van der Waals surface area (Å²) >= 11 is 0. The Kier molecular flexibility index (Phi) is 12.1. The van der Waals surface area contributed by atoms with Crippen molar-refractivity contribution in [2.75, 3.05) is 44.2 Å². The van der Waals surface area contributed by atoms with Crippen LogP contribution in [0.5, 0.6) is 11.5 Å². The number of ether oxygens (including phenoxy) is 1. The number of piperidine rings is 1. The molecule has 4 heterocycles. The molecular formula is C44H52N6O4. The first-order valence-electron chi connectivity index (χ1n) is 18.4. The molecule has 2 saturated heterocycles. The van der Waals surface area contributed by atoms with Gasteiger partial charge in [0.1, 0.15) is 23.4 Å². The van der Waals surface area contributed by atoms with Crippen molar-refractivity contribution in [2.45, 2.75) is 64.8 Å². The normalized spacial score (nSPS) is 19.9. The number of phenols is 1. The van der Waals surface area contributed by atoms with Crippen molar-refractivity contribution in [2.24, 2.45) is 0 Å². The zero-order chi connectivity index (χ0) is 35.4. The molecule has 10 nitrogen and oxygen atoms in total. The van der Waals surface area contributed by atoms with E-state index in [4.69, 9.17) is 9.72 Å². The minimum absolute atomic E-state index is 0. The zero-order valence-electron chi connectivity index (χ0n) is 29.2. The number of nitrogens with one attached hydrogen (secondary N) is 1. The Hall–Kier alpha value is -5.48. The van der Waals surface area contributed by atoms with Crippen LogP contribution in [-0.2, 0) is 16.0 Å². The number of piperazine rings is 1. The van der Waals surface area contributed by atoms with E-state index >= 15 is 0 Å². The van der Waals surface area contributed by atoms with Gasteiger partial charge in [-0.1, -0.05) is 63.4 Å². The van der Waals surface area contributed by atoms with Crippen LogP contribution in [0.2, 0.25) is 0 Å². The molecule has 1 unspecified atom stereocenters. The van der Waals surface area contributed by atoms with Gasteiger partial charge in [0.05, 0.1) is 12.8 Å². The van der Waals surface area contributed by atoms with Gasteiger partial charge in [-0.2, -0.15) is 5.10 Å². The Labute approximate surface area is 318 Å². The highest BCUT2D eigenvalue weighted by Gasteiger charge is 2.32. The molecule has 3 aliphatic rings. The van der Waals surface area contributed by atoms with E-state index in [-0.39, 0.29) is 32.6 Å². The van der Waals surface area contributed by atoms with Crippen LogP contribution in [0.1, 0.15) is 80.7 Å². The molecule has 10 heteroatoms. The van der Waals surface area contributed by atoms with Crippen LogP contribution >= 0.6 is 0 Å². The lowest BCUT2D eigenvalue weighted by molar-refractivity contribution is -0.135. The summed E-state index contributed by atoms with van der Waals surface area (Å²) in [5.74, 6) is 2.25. The molecule has 1 aliphatic carbocycles. The second kappa shape index (κ2) is 17.1.